The summed E-state index contributed by atoms with van der Waals surface area (Å²) in [6, 6.07) is 12.1. The van der Waals surface area contributed by atoms with E-state index in [0.717, 1.165) is 60.1 Å². The Morgan fingerprint density at radius 1 is 0.758 bits per heavy atom. The second-order valence-electron chi connectivity index (χ2n) is 10.2. The fourth-order valence-electron chi connectivity index (χ4n) is 4.48. The number of aryl methyl sites for hydroxylation is 2. The molecule has 0 aliphatic carbocycles. The summed E-state index contributed by atoms with van der Waals surface area (Å²) in [7, 11) is 0. The van der Waals surface area contributed by atoms with E-state index in [2.05, 4.69) is 58.9 Å². The van der Waals surface area contributed by atoms with Crippen LogP contribution in [0.4, 0.5) is 0 Å². The third-order valence-corrected chi connectivity index (χ3v) is 6.45. The van der Waals surface area contributed by atoms with E-state index in [4.69, 9.17) is 0 Å². The van der Waals surface area contributed by atoms with Crippen LogP contribution in [-0.4, -0.2) is 10.2 Å². The minimum Gasteiger partial charge on any atom is -0.507 e. The van der Waals surface area contributed by atoms with Crippen molar-refractivity contribution in [1.29, 1.82) is 0 Å². The molecule has 3 rings (SSSR count). The van der Waals surface area contributed by atoms with Crippen LogP contribution in [0.3, 0.4) is 0 Å². The van der Waals surface area contributed by atoms with Gasteiger partial charge in [0.1, 0.15) is 11.5 Å². The van der Waals surface area contributed by atoms with Crippen molar-refractivity contribution in [3.8, 4) is 11.5 Å². The van der Waals surface area contributed by atoms with Crippen molar-refractivity contribution in [2.45, 2.75) is 79.6 Å². The molecule has 33 heavy (non-hydrogen) atoms. The van der Waals surface area contributed by atoms with Crippen molar-refractivity contribution in [2.75, 3.05) is 0 Å². The molecule has 0 aromatic heterocycles. The van der Waals surface area contributed by atoms with E-state index >= 15 is 0 Å². The first kappa shape index (κ1) is 24.9. The lowest BCUT2D eigenvalue weighted by Gasteiger charge is -2.13. The highest BCUT2D eigenvalue weighted by molar-refractivity contribution is 6.10. The molecular weight excluding hydrogens is 404 g/mol. The summed E-state index contributed by atoms with van der Waals surface area (Å²) in [5, 5.41) is 24.9. The van der Waals surface area contributed by atoms with Crippen LogP contribution in [0.1, 0.15) is 77.8 Å². The zero-order chi connectivity index (χ0) is 24.0. The van der Waals surface area contributed by atoms with Crippen LogP contribution in [0.25, 0.3) is 21.5 Å². The first-order chi connectivity index (χ1) is 15.8. The Bertz CT molecular complexity index is 1160. The molecular formula is C31H40O2. The Morgan fingerprint density at radius 3 is 1.88 bits per heavy atom. The van der Waals surface area contributed by atoms with Gasteiger partial charge in [-0.05, 0) is 88.5 Å². The number of fused-ring (bicyclic) bond motifs is 2. The van der Waals surface area contributed by atoms with Crippen LogP contribution in [0, 0.1) is 5.92 Å². The van der Waals surface area contributed by atoms with Crippen LogP contribution in [0.15, 0.2) is 59.7 Å². The van der Waals surface area contributed by atoms with Gasteiger partial charge in [-0.1, -0.05) is 67.8 Å². The lowest BCUT2D eigenvalue weighted by Crippen LogP contribution is -1.92. The van der Waals surface area contributed by atoms with E-state index in [-0.39, 0.29) is 11.5 Å². The zero-order valence-corrected chi connectivity index (χ0v) is 21.0. The molecule has 176 valence electrons. The molecule has 0 fully saturated rings. The Labute approximate surface area is 199 Å². The number of aromatic hydroxyl groups is 2. The van der Waals surface area contributed by atoms with Crippen LogP contribution in [0.2, 0.25) is 0 Å². The van der Waals surface area contributed by atoms with Crippen molar-refractivity contribution < 1.29 is 10.2 Å². The standard InChI is InChI=1S/C31H40O2/c1-21(2)9-6-11-23(5)12-8-14-25-16-18-27-29(20-25)31(33)26-17-15-24(13-7-10-22(3)4)19-28(26)30(27)32/h9,12,15-20,22,32-33H,6-8,10-11,13-14H2,1-5H3/b23-12+. The van der Waals surface area contributed by atoms with E-state index in [1.165, 1.54) is 28.7 Å². The van der Waals surface area contributed by atoms with Crippen molar-refractivity contribution in [3.05, 3.63) is 70.8 Å². The normalized spacial score (nSPS) is 12.1. The molecule has 2 nitrogen and oxygen atoms in total. The highest BCUT2D eigenvalue weighted by Gasteiger charge is 2.14. The molecule has 0 heterocycles. The second-order valence-corrected chi connectivity index (χ2v) is 10.2. The summed E-state index contributed by atoms with van der Waals surface area (Å²) >= 11 is 0. The largest absolute Gasteiger partial charge is 0.507 e. The molecule has 2 heteroatoms. The quantitative estimate of drug-likeness (QED) is 0.186. The maximum Gasteiger partial charge on any atom is 0.131 e. The summed E-state index contributed by atoms with van der Waals surface area (Å²) in [5.41, 5.74) is 5.18. The molecule has 0 aliphatic heterocycles. The fraction of sp³-hybridized carbons (Fsp3) is 0.419. The van der Waals surface area contributed by atoms with Gasteiger partial charge in [-0.3, -0.25) is 0 Å². The number of phenolic OH excluding ortho intramolecular Hbond substituents is 2. The van der Waals surface area contributed by atoms with Gasteiger partial charge < -0.3 is 10.2 Å². The van der Waals surface area contributed by atoms with Gasteiger partial charge in [0.2, 0.25) is 0 Å². The van der Waals surface area contributed by atoms with Gasteiger partial charge >= 0.3 is 0 Å². The Kier molecular flexibility index (Phi) is 8.61. The molecule has 0 bridgehead atoms. The number of hydrogen-bond acceptors (Lipinski definition) is 2. The summed E-state index contributed by atoms with van der Waals surface area (Å²) in [6.07, 6.45) is 12.0. The van der Waals surface area contributed by atoms with Crippen LogP contribution in [0.5, 0.6) is 11.5 Å². The maximum atomic E-state index is 11.0. The molecule has 0 saturated heterocycles. The molecule has 0 unspecified atom stereocenters. The molecule has 2 N–H and O–H groups in total. The Balaban J connectivity index is 1.79. The minimum absolute atomic E-state index is 0.266. The lowest BCUT2D eigenvalue weighted by molar-refractivity contribution is 0.478. The van der Waals surface area contributed by atoms with E-state index in [1.807, 2.05) is 24.3 Å². The zero-order valence-electron chi connectivity index (χ0n) is 21.0. The molecule has 0 radical (unpaired) electrons. The SMILES string of the molecule is CC(C)=CCC/C(C)=C/CCc1ccc2c(O)c3cc(CCCC(C)C)ccc3c(O)c2c1. The van der Waals surface area contributed by atoms with Crippen LogP contribution >= 0.6 is 0 Å². The molecule has 0 atom stereocenters. The third kappa shape index (κ3) is 6.63. The molecule has 0 spiro atoms. The average Bonchev–Trinajstić information content (AvgIpc) is 2.77. The topological polar surface area (TPSA) is 40.5 Å². The molecule has 3 aromatic carbocycles. The highest BCUT2D eigenvalue weighted by Crippen LogP contribution is 2.42. The molecule has 3 aromatic rings. The monoisotopic (exact) mass is 444 g/mol. The van der Waals surface area contributed by atoms with E-state index in [1.54, 1.807) is 0 Å². The number of phenols is 2. The summed E-state index contributed by atoms with van der Waals surface area (Å²) < 4.78 is 0. The van der Waals surface area contributed by atoms with Crippen molar-refractivity contribution in [1.82, 2.24) is 0 Å². The first-order valence-electron chi connectivity index (χ1n) is 12.4. The van der Waals surface area contributed by atoms with Crippen molar-refractivity contribution >= 4 is 21.5 Å². The summed E-state index contributed by atoms with van der Waals surface area (Å²) in [6.45, 7) is 11.0. The van der Waals surface area contributed by atoms with Crippen LogP contribution < -0.4 is 0 Å². The molecule has 0 saturated carbocycles. The number of hydrogen-bond donors (Lipinski definition) is 2. The van der Waals surface area contributed by atoms with E-state index < -0.39 is 0 Å². The molecule has 0 aliphatic rings. The van der Waals surface area contributed by atoms with Gasteiger partial charge in [0.25, 0.3) is 0 Å². The number of allylic oxidation sites excluding steroid dienone is 4. The Hall–Kier alpha value is -2.74. The van der Waals surface area contributed by atoms with E-state index in [0.29, 0.717) is 5.92 Å². The van der Waals surface area contributed by atoms with Gasteiger partial charge in [-0.15, -0.1) is 0 Å². The van der Waals surface area contributed by atoms with Gasteiger partial charge in [0.15, 0.2) is 0 Å². The van der Waals surface area contributed by atoms with Crippen molar-refractivity contribution in [3.63, 3.8) is 0 Å². The maximum absolute atomic E-state index is 11.0. The lowest BCUT2D eigenvalue weighted by atomic mass is 9.95. The highest BCUT2D eigenvalue weighted by atomic mass is 16.3. The fourth-order valence-corrected chi connectivity index (χ4v) is 4.48. The predicted octanol–water partition coefficient (Wildman–Crippen LogP) is 9.01. The minimum atomic E-state index is 0.266. The average molecular weight is 445 g/mol. The second kappa shape index (κ2) is 11.4. The predicted molar refractivity (Wildman–Crippen MR) is 143 cm³/mol. The van der Waals surface area contributed by atoms with Gasteiger partial charge in [0.05, 0.1) is 0 Å². The van der Waals surface area contributed by atoms with E-state index in [9.17, 15) is 10.2 Å². The van der Waals surface area contributed by atoms with Gasteiger partial charge in [-0.25, -0.2) is 0 Å². The number of benzene rings is 3. The summed E-state index contributed by atoms with van der Waals surface area (Å²) in [5.74, 6) is 1.23. The van der Waals surface area contributed by atoms with Crippen LogP contribution in [-0.2, 0) is 12.8 Å². The smallest absolute Gasteiger partial charge is 0.131 e. The van der Waals surface area contributed by atoms with Crippen molar-refractivity contribution in [2.24, 2.45) is 5.92 Å². The Morgan fingerprint density at radius 2 is 1.33 bits per heavy atom. The number of rotatable bonds is 10. The third-order valence-electron chi connectivity index (χ3n) is 6.45. The molecule has 0 amide bonds. The van der Waals surface area contributed by atoms with Gasteiger partial charge in [0, 0.05) is 21.5 Å². The van der Waals surface area contributed by atoms with Gasteiger partial charge in [-0.2, -0.15) is 0 Å². The first-order valence-corrected chi connectivity index (χ1v) is 12.4. The summed E-state index contributed by atoms with van der Waals surface area (Å²) in [4.78, 5) is 0.